The molecule has 4 nitrogen and oxygen atoms in total. The zero-order chi connectivity index (χ0) is 15.2. The summed E-state index contributed by atoms with van der Waals surface area (Å²) in [6, 6.07) is 7.55. The Labute approximate surface area is 126 Å². The van der Waals surface area contributed by atoms with Crippen molar-refractivity contribution in [3.8, 4) is 0 Å². The number of carbonyl (C=O) groups is 1. The van der Waals surface area contributed by atoms with Gasteiger partial charge >= 0.3 is 0 Å². The Morgan fingerprint density at radius 1 is 1.33 bits per heavy atom. The third kappa shape index (κ3) is 4.29. The maximum Gasteiger partial charge on any atom is 0.254 e. The molecule has 1 atom stereocenters. The lowest BCUT2D eigenvalue weighted by atomic mass is 10.0. The van der Waals surface area contributed by atoms with Gasteiger partial charge in [-0.1, -0.05) is 12.1 Å². The molecule has 1 aliphatic rings. The van der Waals surface area contributed by atoms with Crippen LogP contribution in [-0.4, -0.2) is 41.2 Å². The molecule has 21 heavy (non-hydrogen) atoms. The summed E-state index contributed by atoms with van der Waals surface area (Å²) in [6.07, 6.45) is 3.19. The molecule has 0 aliphatic carbocycles. The van der Waals surface area contributed by atoms with E-state index in [9.17, 15) is 9.90 Å². The van der Waals surface area contributed by atoms with E-state index < -0.39 is 0 Å². The third-order valence-electron chi connectivity index (χ3n) is 3.88. The minimum Gasteiger partial charge on any atom is -0.394 e. The Morgan fingerprint density at radius 2 is 2.05 bits per heavy atom. The molecule has 1 fully saturated rings. The van der Waals surface area contributed by atoms with Crippen LogP contribution in [0.15, 0.2) is 24.3 Å². The highest BCUT2D eigenvalue weighted by Crippen LogP contribution is 2.19. The minimum atomic E-state index is -0.0322. The first-order valence-electron chi connectivity index (χ1n) is 7.74. The highest BCUT2D eigenvalue weighted by molar-refractivity contribution is 5.94. The van der Waals surface area contributed by atoms with Crippen molar-refractivity contribution in [1.82, 2.24) is 4.90 Å². The van der Waals surface area contributed by atoms with Crippen molar-refractivity contribution in [2.24, 2.45) is 0 Å². The number of likely N-dealkylation sites (tertiary alicyclic amines) is 1. The maximum atomic E-state index is 12.5. The van der Waals surface area contributed by atoms with Gasteiger partial charge in [-0.3, -0.25) is 4.79 Å². The smallest absolute Gasteiger partial charge is 0.254 e. The van der Waals surface area contributed by atoms with Crippen LogP contribution in [0.4, 0.5) is 0 Å². The van der Waals surface area contributed by atoms with Gasteiger partial charge in [-0.15, -0.1) is 0 Å². The Morgan fingerprint density at radius 3 is 2.67 bits per heavy atom. The molecule has 0 bridgehead atoms. The minimum absolute atomic E-state index is 0.0186. The number of piperidine rings is 1. The average molecular weight is 291 g/mol. The molecule has 0 saturated carbocycles. The van der Waals surface area contributed by atoms with Crippen LogP contribution in [0.5, 0.6) is 0 Å². The first-order valence-corrected chi connectivity index (χ1v) is 7.74. The van der Waals surface area contributed by atoms with E-state index in [-0.39, 0.29) is 24.7 Å². The normalized spacial score (nSPS) is 19.0. The number of rotatable bonds is 5. The molecule has 1 saturated heterocycles. The molecule has 1 aromatic carbocycles. The second kappa shape index (κ2) is 7.57. The molecule has 1 aromatic rings. The molecule has 1 N–H and O–H groups in total. The zero-order valence-electron chi connectivity index (χ0n) is 12.9. The van der Waals surface area contributed by atoms with Gasteiger partial charge in [0.1, 0.15) is 0 Å². The summed E-state index contributed by atoms with van der Waals surface area (Å²) < 4.78 is 5.55. The Balaban J connectivity index is 2.01. The summed E-state index contributed by atoms with van der Waals surface area (Å²) >= 11 is 0. The number of amides is 1. The second-order valence-corrected chi connectivity index (χ2v) is 5.89. The van der Waals surface area contributed by atoms with E-state index >= 15 is 0 Å². The van der Waals surface area contributed by atoms with E-state index in [0.29, 0.717) is 12.2 Å². The van der Waals surface area contributed by atoms with Crippen molar-refractivity contribution in [2.75, 3.05) is 13.2 Å². The van der Waals surface area contributed by atoms with Gasteiger partial charge < -0.3 is 14.7 Å². The van der Waals surface area contributed by atoms with Crippen molar-refractivity contribution in [3.63, 3.8) is 0 Å². The summed E-state index contributed by atoms with van der Waals surface area (Å²) in [5, 5.41) is 9.41. The Hall–Kier alpha value is -1.39. The summed E-state index contributed by atoms with van der Waals surface area (Å²) in [5.74, 6) is 0.0186. The maximum absolute atomic E-state index is 12.5. The Bertz CT molecular complexity index is 456. The molecule has 0 spiro atoms. The van der Waals surface area contributed by atoms with Gasteiger partial charge in [-0.25, -0.2) is 0 Å². The number of aliphatic hydroxyl groups excluding tert-OH is 1. The van der Waals surface area contributed by atoms with Crippen LogP contribution in [-0.2, 0) is 11.3 Å². The van der Waals surface area contributed by atoms with Crippen LogP contribution < -0.4 is 0 Å². The summed E-state index contributed by atoms with van der Waals surface area (Å²) in [5.41, 5.74) is 1.75. The zero-order valence-corrected chi connectivity index (χ0v) is 12.9. The van der Waals surface area contributed by atoms with Gasteiger partial charge in [0.05, 0.1) is 25.4 Å². The molecular weight excluding hydrogens is 266 g/mol. The standard InChI is InChI=1S/C17H25NO3/c1-13(2)21-12-14-6-8-15(9-7-14)17(20)18-10-4-3-5-16(18)11-19/h6-9,13,16,19H,3-5,10-12H2,1-2H3. The molecule has 1 aliphatic heterocycles. The predicted molar refractivity (Wildman–Crippen MR) is 82.1 cm³/mol. The predicted octanol–water partition coefficient (Wildman–Crippen LogP) is 2.60. The average Bonchev–Trinajstić information content (AvgIpc) is 2.52. The van der Waals surface area contributed by atoms with Gasteiger partial charge in [-0.05, 0) is 50.8 Å². The lowest BCUT2D eigenvalue weighted by Gasteiger charge is -2.34. The summed E-state index contributed by atoms with van der Waals surface area (Å²) in [6.45, 7) is 5.36. The lowest BCUT2D eigenvalue weighted by Crippen LogP contribution is -2.45. The summed E-state index contributed by atoms with van der Waals surface area (Å²) in [7, 11) is 0. The summed E-state index contributed by atoms with van der Waals surface area (Å²) in [4.78, 5) is 14.3. The number of carbonyl (C=O) groups excluding carboxylic acids is 1. The fraction of sp³-hybridized carbons (Fsp3) is 0.588. The van der Waals surface area contributed by atoms with E-state index in [2.05, 4.69) is 0 Å². The number of ether oxygens (including phenoxy) is 1. The van der Waals surface area contributed by atoms with Gasteiger partial charge in [-0.2, -0.15) is 0 Å². The fourth-order valence-corrected chi connectivity index (χ4v) is 2.63. The fourth-order valence-electron chi connectivity index (χ4n) is 2.63. The van der Waals surface area contributed by atoms with E-state index in [1.807, 2.05) is 43.0 Å². The van der Waals surface area contributed by atoms with Crippen LogP contribution in [0, 0.1) is 0 Å². The van der Waals surface area contributed by atoms with Crippen molar-refractivity contribution in [2.45, 2.75) is 51.9 Å². The molecule has 1 unspecified atom stereocenters. The SMILES string of the molecule is CC(C)OCc1ccc(C(=O)N2CCCCC2CO)cc1. The number of hydrogen-bond donors (Lipinski definition) is 1. The first kappa shape index (κ1) is 16.0. The van der Waals surface area contributed by atoms with Gasteiger partial charge in [0.25, 0.3) is 5.91 Å². The van der Waals surface area contributed by atoms with Crippen LogP contribution >= 0.6 is 0 Å². The lowest BCUT2D eigenvalue weighted by molar-refractivity contribution is 0.0502. The van der Waals surface area contributed by atoms with Gasteiger partial charge in [0, 0.05) is 12.1 Å². The number of benzene rings is 1. The Kier molecular flexibility index (Phi) is 5.76. The van der Waals surface area contributed by atoms with E-state index in [4.69, 9.17) is 4.74 Å². The largest absolute Gasteiger partial charge is 0.394 e. The monoisotopic (exact) mass is 291 g/mol. The van der Waals surface area contributed by atoms with Crippen molar-refractivity contribution >= 4 is 5.91 Å². The molecular formula is C17H25NO3. The third-order valence-corrected chi connectivity index (χ3v) is 3.88. The first-order chi connectivity index (χ1) is 10.1. The quantitative estimate of drug-likeness (QED) is 0.907. The molecule has 1 heterocycles. The van der Waals surface area contributed by atoms with E-state index in [1.54, 1.807) is 0 Å². The topological polar surface area (TPSA) is 49.8 Å². The van der Waals surface area contributed by atoms with Crippen molar-refractivity contribution in [1.29, 1.82) is 0 Å². The number of aliphatic hydroxyl groups is 1. The molecule has 1 amide bonds. The van der Waals surface area contributed by atoms with Crippen LogP contribution in [0.25, 0.3) is 0 Å². The van der Waals surface area contributed by atoms with E-state index in [0.717, 1.165) is 31.4 Å². The van der Waals surface area contributed by atoms with Crippen molar-refractivity contribution < 1.29 is 14.6 Å². The highest BCUT2D eigenvalue weighted by Gasteiger charge is 2.26. The molecule has 4 heteroatoms. The van der Waals surface area contributed by atoms with Crippen LogP contribution in [0.3, 0.4) is 0 Å². The van der Waals surface area contributed by atoms with E-state index in [1.165, 1.54) is 0 Å². The van der Waals surface area contributed by atoms with Crippen molar-refractivity contribution in [3.05, 3.63) is 35.4 Å². The van der Waals surface area contributed by atoms with Crippen LogP contribution in [0.1, 0.15) is 49.0 Å². The molecule has 116 valence electrons. The number of nitrogens with zero attached hydrogens (tertiary/aromatic N) is 1. The van der Waals surface area contributed by atoms with Gasteiger partial charge in [0.15, 0.2) is 0 Å². The molecule has 0 radical (unpaired) electrons. The second-order valence-electron chi connectivity index (χ2n) is 5.89. The molecule has 0 aromatic heterocycles. The number of hydrogen-bond acceptors (Lipinski definition) is 3. The highest BCUT2D eigenvalue weighted by atomic mass is 16.5. The molecule has 2 rings (SSSR count). The van der Waals surface area contributed by atoms with Crippen LogP contribution in [0.2, 0.25) is 0 Å². The van der Waals surface area contributed by atoms with Gasteiger partial charge in [0.2, 0.25) is 0 Å².